The smallest absolute Gasteiger partial charge is 0.407 e. The molecule has 0 aromatic heterocycles. The molecule has 0 radical (unpaired) electrons. The van der Waals surface area contributed by atoms with Gasteiger partial charge in [-0.15, -0.1) is 0 Å². The standard InChI is InChI=1S/C11H21NO4/c1-11(2,3)16-10(14)12-6-9-5-4-8(13)7-15-9/h8-9,13H,4-7H2,1-3H3,(H,12,14). The van der Waals surface area contributed by atoms with Crippen LogP contribution in [0.1, 0.15) is 33.6 Å². The number of hydrogen-bond acceptors (Lipinski definition) is 4. The van der Waals surface area contributed by atoms with Gasteiger partial charge in [-0.1, -0.05) is 0 Å². The second-order valence-corrected chi connectivity index (χ2v) is 5.07. The van der Waals surface area contributed by atoms with Crippen LogP contribution < -0.4 is 5.32 Å². The highest BCUT2D eigenvalue weighted by atomic mass is 16.6. The number of aliphatic hydroxyl groups excluding tert-OH is 1. The van der Waals surface area contributed by atoms with Crippen LogP contribution in [0.5, 0.6) is 0 Å². The second-order valence-electron chi connectivity index (χ2n) is 5.07. The minimum absolute atomic E-state index is 0.0177. The maximum atomic E-state index is 11.3. The van der Waals surface area contributed by atoms with E-state index in [0.29, 0.717) is 13.2 Å². The third-order valence-corrected chi connectivity index (χ3v) is 2.22. The van der Waals surface area contributed by atoms with Crippen LogP contribution in [-0.4, -0.2) is 42.2 Å². The molecule has 1 aliphatic rings. The maximum Gasteiger partial charge on any atom is 0.407 e. The molecular weight excluding hydrogens is 210 g/mol. The highest BCUT2D eigenvalue weighted by Crippen LogP contribution is 2.13. The molecule has 0 aliphatic carbocycles. The molecule has 5 heteroatoms. The Morgan fingerprint density at radius 3 is 2.69 bits per heavy atom. The average Bonchev–Trinajstić information content (AvgIpc) is 2.14. The molecule has 1 amide bonds. The number of alkyl carbamates (subject to hydrolysis) is 1. The van der Waals surface area contributed by atoms with Crippen molar-refractivity contribution >= 4 is 6.09 Å². The van der Waals surface area contributed by atoms with E-state index in [2.05, 4.69) is 5.32 Å². The Bertz CT molecular complexity index is 229. The molecule has 1 saturated heterocycles. The average molecular weight is 231 g/mol. The van der Waals surface area contributed by atoms with Crippen LogP contribution in [0.4, 0.5) is 4.79 Å². The van der Waals surface area contributed by atoms with E-state index in [1.807, 2.05) is 20.8 Å². The fourth-order valence-corrected chi connectivity index (χ4v) is 1.46. The predicted molar refractivity (Wildman–Crippen MR) is 59.2 cm³/mol. The quantitative estimate of drug-likeness (QED) is 0.745. The van der Waals surface area contributed by atoms with Crippen LogP contribution in [0, 0.1) is 0 Å². The fourth-order valence-electron chi connectivity index (χ4n) is 1.46. The first kappa shape index (κ1) is 13.3. The van der Waals surface area contributed by atoms with Gasteiger partial charge in [0.15, 0.2) is 0 Å². The van der Waals surface area contributed by atoms with Crippen molar-refractivity contribution in [3.8, 4) is 0 Å². The van der Waals surface area contributed by atoms with Crippen LogP contribution in [0.3, 0.4) is 0 Å². The minimum Gasteiger partial charge on any atom is -0.444 e. The van der Waals surface area contributed by atoms with Gasteiger partial charge in [0.25, 0.3) is 0 Å². The summed E-state index contributed by atoms with van der Waals surface area (Å²) in [7, 11) is 0. The summed E-state index contributed by atoms with van der Waals surface area (Å²) in [6, 6.07) is 0. The van der Waals surface area contributed by atoms with Crippen molar-refractivity contribution in [2.45, 2.75) is 51.4 Å². The zero-order valence-electron chi connectivity index (χ0n) is 10.2. The Labute approximate surface area is 96.1 Å². The van der Waals surface area contributed by atoms with E-state index in [0.717, 1.165) is 12.8 Å². The van der Waals surface area contributed by atoms with Gasteiger partial charge in [0.05, 0.1) is 18.8 Å². The summed E-state index contributed by atoms with van der Waals surface area (Å²) in [5, 5.41) is 11.9. The van der Waals surface area contributed by atoms with Gasteiger partial charge in [-0.3, -0.25) is 0 Å². The van der Waals surface area contributed by atoms with Crippen molar-refractivity contribution in [2.75, 3.05) is 13.2 Å². The number of ether oxygens (including phenoxy) is 2. The second kappa shape index (κ2) is 5.50. The molecule has 0 spiro atoms. The van der Waals surface area contributed by atoms with Crippen LogP contribution in [0.15, 0.2) is 0 Å². The monoisotopic (exact) mass is 231 g/mol. The van der Waals surface area contributed by atoms with Crippen LogP contribution in [0.2, 0.25) is 0 Å². The van der Waals surface area contributed by atoms with Gasteiger partial charge in [-0.25, -0.2) is 4.79 Å². The molecule has 2 atom stereocenters. The van der Waals surface area contributed by atoms with Crippen molar-refractivity contribution < 1.29 is 19.4 Å². The SMILES string of the molecule is CC(C)(C)OC(=O)NCC1CCC(O)CO1. The number of amides is 1. The largest absolute Gasteiger partial charge is 0.444 e. The Balaban J connectivity index is 2.17. The molecular formula is C11H21NO4. The molecule has 94 valence electrons. The van der Waals surface area contributed by atoms with Crippen LogP contribution in [0.25, 0.3) is 0 Å². The lowest BCUT2D eigenvalue weighted by Crippen LogP contribution is -2.40. The molecule has 1 aliphatic heterocycles. The molecule has 0 saturated carbocycles. The topological polar surface area (TPSA) is 67.8 Å². The Morgan fingerprint density at radius 2 is 2.19 bits per heavy atom. The van der Waals surface area contributed by atoms with Crippen molar-refractivity contribution in [1.29, 1.82) is 0 Å². The Hall–Kier alpha value is -0.810. The Morgan fingerprint density at radius 1 is 1.50 bits per heavy atom. The van der Waals surface area contributed by atoms with Gasteiger partial charge in [0, 0.05) is 6.54 Å². The Kier molecular flexibility index (Phi) is 4.56. The molecule has 0 aromatic rings. The molecule has 5 nitrogen and oxygen atoms in total. The van der Waals surface area contributed by atoms with Gasteiger partial charge in [-0.2, -0.15) is 0 Å². The summed E-state index contributed by atoms with van der Waals surface area (Å²) < 4.78 is 10.4. The first-order chi connectivity index (χ1) is 7.37. The van der Waals surface area contributed by atoms with Gasteiger partial charge < -0.3 is 19.9 Å². The maximum absolute atomic E-state index is 11.3. The first-order valence-corrected chi connectivity index (χ1v) is 5.63. The van der Waals surface area contributed by atoms with E-state index in [9.17, 15) is 9.90 Å². The highest BCUT2D eigenvalue weighted by molar-refractivity contribution is 5.67. The number of hydrogen-bond donors (Lipinski definition) is 2. The summed E-state index contributed by atoms with van der Waals surface area (Å²) in [4.78, 5) is 11.3. The van der Waals surface area contributed by atoms with Gasteiger partial charge in [-0.05, 0) is 33.6 Å². The molecule has 16 heavy (non-hydrogen) atoms. The first-order valence-electron chi connectivity index (χ1n) is 5.63. The molecule has 0 aromatic carbocycles. The minimum atomic E-state index is -0.478. The van der Waals surface area contributed by atoms with Gasteiger partial charge >= 0.3 is 6.09 Å². The van der Waals surface area contributed by atoms with Crippen molar-refractivity contribution in [3.63, 3.8) is 0 Å². The van der Waals surface area contributed by atoms with E-state index in [1.165, 1.54) is 0 Å². The van der Waals surface area contributed by atoms with E-state index in [4.69, 9.17) is 9.47 Å². The van der Waals surface area contributed by atoms with Crippen molar-refractivity contribution in [2.24, 2.45) is 0 Å². The normalized spacial score (nSPS) is 26.2. The predicted octanol–water partition coefficient (Wildman–Crippen LogP) is 1.05. The highest BCUT2D eigenvalue weighted by Gasteiger charge is 2.21. The van der Waals surface area contributed by atoms with Crippen molar-refractivity contribution in [3.05, 3.63) is 0 Å². The summed E-state index contributed by atoms with van der Waals surface area (Å²) in [5.41, 5.74) is -0.478. The summed E-state index contributed by atoms with van der Waals surface area (Å²) >= 11 is 0. The van der Waals surface area contributed by atoms with E-state index < -0.39 is 11.7 Å². The number of nitrogens with one attached hydrogen (secondary N) is 1. The molecule has 1 rings (SSSR count). The summed E-state index contributed by atoms with van der Waals surface area (Å²) in [6.07, 6.45) is 0.674. The lowest BCUT2D eigenvalue weighted by molar-refractivity contribution is -0.0543. The van der Waals surface area contributed by atoms with E-state index in [-0.39, 0.29) is 12.2 Å². The molecule has 1 fully saturated rings. The lowest BCUT2D eigenvalue weighted by atomic mass is 10.1. The van der Waals surface area contributed by atoms with Crippen molar-refractivity contribution in [1.82, 2.24) is 5.32 Å². The number of rotatable bonds is 2. The molecule has 2 N–H and O–H groups in total. The third-order valence-electron chi connectivity index (χ3n) is 2.22. The molecule has 1 heterocycles. The molecule has 0 bridgehead atoms. The number of carbonyl (C=O) groups excluding carboxylic acids is 1. The number of carbonyl (C=O) groups is 1. The fraction of sp³-hybridized carbons (Fsp3) is 0.909. The van der Waals surface area contributed by atoms with E-state index >= 15 is 0 Å². The van der Waals surface area contributed by atoms with Crippen LogP contribution in [-0.2, 0) is 9.47 Å². The lowest BCUT2D eigenvalue weighted by Gasteiger charge is -2.27. The van der Waals surface area contributed by atoms with E-state index in [1.54, 1.807) is 0 Å². The summed E-state index contributed by atoms with van der Waals surface area (Å²) in [5.74, 6) is 0. The third kappa shape index (κ3) is 5.32. The van der Waals surface area contributed by atoms with Gasteiger partial charge in [0.1, 0.15) is 5.60 Å². The molecule has 2 unspecified atom stereocenters. The number of aliphatic hydroxyl groups is 1. The zero-order chi connectivity index (χ0) is 12.2. The summed E-state index contributed by atoms with van der Waals surface area (Å²) in [6.45, 7) is 6.24. The zero-order valence-corrected chi connectivity index (χ0v) is 10.2. The van der Waals surface area contributed by atoms with Gasteiger partial charge in [0.2, 0.25) is 0 Å². The van der Waals surface area contributed by atoms with Crippen LogP contribution >= 0.6 is 0 Å².